The summed E-state index contributed by atoms with van der Waals surface area (Å²) >= 11 is 0. The number of amides is 2. The van der Waals surface area contributed by atoms with Crippen LogP contribution in [0.15, 0.2) is 0 Å². The van der Waals surface area contributed by atoms with Crippen LogP contribution in [0, 0.1) is 0 Å². The lowest BCUT2D eigenvalue weighted by atomic mass is 10.2. The first kappa shape index (κ1) is 15.7. The second kappa shape index (κ2) is 7.11. The number of nitrogens with one attached hydrogen (secondary N) is 2. The van der Waals surface area contributed by atoms with Crippen LogP contribution in [0.4, 0.5) is 4.79 Å². The second-order valence-corrected chi connectivity index (χ2v) is 4.73. The van der Waals surface area contributed by atoms with E-state index >= 15 is 0 Å². The maximum absolute atomic E-state index is 11.3. The number of primary amides is 1. The SMILES string of the molecule is CCNC(CCNC(=O)OC(C)(C)C)C(N)=O. The molecule has 0 saturated carbocycles. The zero-order valence-electron chi connectivity index (χ0n) is 11.0. The van der Waals surface area contributed by atoms with Gasteiger partial charge in [0.25, 0.3) is 0 Å². The van der Waals surface area contributed by atoms with Gasteiger partial charge in [-0.3, -0.25) is 4.79 Å². The third kappa shape index (κ3) is 8.50. The molecular weight excluding hydrogens is 222 g/mol. The second-order valence-electron chi connectivity index (χ2n) is 4.73. The highest BCUT2D eigenvalue weighted by atomic mass is 16.6. The number of alkyl carbamates (subject to hydrolysis) is 1. The van der Waals surface area contributed by atoms with Crippen LogP contribution in [0.2, 0.25) is 0 Å². The Balaban J connectivity index is 3.88. The van der Waals surface area contributed by atoms with Gasteiger partial charge in [0.05, 0.1) is 6.04 Å². The summed E-state index contributed by atoms with van der Waals surface area (Å²) in [5.74, 6) is -0.419. The molecule has 100 valence electrons. The van der Waals surface area contributed by atoms with Crippen LogP contribution >= 0.6 is 0 Å². The largest absolute Gasteiger partial charge is 0.444 e. The van der Waals surface area contributed by atoms with E-state index in [9.17, 15) is 9.59 Å². The van der Waals surface area contributed by atoms with E-state index in [0.29, 0.717) is 19.5 Å². The number of nitrogens with two attached hydrogens (primary N) is 1. The molecule has 17 heavy (non-hydrogen) atoms. The van der Waals surface area contributed by atoms with Gasteiger partial charge in [-0.15, -0.1) is 0 Å². The molecular formula is C11H23N3O3. The van der Waals surface area contributed by atoms with Crippen LogP contribution in [0.25, 0.3) is 0 Å². The van der Waals surface area contributed by atoms with Crippen molar-refractivity contribution < 1.29 is 14.3 Å². The van der Waals surface area contributed by atoms with Crippen molar-refractivity contribution in [1.82, 2.24) is 10.6 Å². The topological polar surface area (TPSA) is 93.4 Å². The van der Waals surface area contributed by atoms with Crippen molar-refractivity contribution in [3.05, 3.63) is 0 Å². The molecule has 0 aliphatic heterocycles. The molecule has 4 N–H and O–H groups in total. The fourth-order valence-electron chi connectivity index (χ4n) is 1.22. The van der Waals surface area contributed by atoms with Gasteiger partial charge in [0.2, 0.25) is 5.91 Å². The molecule has 1 unspecified atom stereocenters. The molecule has 0 bridgehead atoms. The predicted molar refractivity (Wildman–Crippen MR) is 65.5 cm³/mol. The van der Waals surface area contributed by atoms with E-state index < -0.39 is 23.6 Å². The van der Waals surface area contributed by atoms with E-state index in [0.717, 1.165) is 0 Å². The quantitative estimate of drug-likeness (QED) is 0.630. The van der Waals surface area contributed by atoms with Gasteiger partial charge in [0.1, 0.15) is 5.60 Å². The summed E-state index contributed by atoms with van der Waals surface area (Å²) in [6.45, 7) is 8.25. The normalized spacial score (nSPS) is 12.9. The van der Waals surface area contributed by atoms with Gasteiger partial charge in [0, 0.05) is 6.54 Å². The first-order valence-electron chi connectivity index (χ1n) is 5.75. The van der Waals surface area contributed by atoms with Crippen molar-refractivity contribution in [2.75, 3.05) is 13.1 Å². The van der Waals surface area contributed by atoms with E-state index in [2.05, 4.69) is 10.6 Å². The highest BCUT2D eigenvalue weighted by Crippen LogP contribution is 2.06. The van der Waals surface area contributed by atoms with Crippen LogP contribution < -0.4 is 16.4 Å². The smallest absolute Gasteiger partial charge is 0.407 e. The Kier molecular flexibility index (Phi) is 6.57. The van der Waals surface area contributed by atoms with Crippen LogP contribution in [-0.4, -0.2) is 36.7 Å². The summed E-state index contributed by atoms with van der Waals surface area (Å²) in [6, 6.07) is -0.421. The van der Waals surface area contributed by atoms with Crippen LogP contribution in [-0.2, 0) is 9.53 Å². The van der Waals surface area contributed by atoms with Gasteiger partial charge in [-0.2, -0.15) is 0 Å². The van der Waals surface area contributed by atoms with Gasteiger partial charge in [-0.1, -0.05) is 6.92 Å². The molecule has 2 amide bonds. The van der Waals surface area contributed by atoms with Gasteiger partial charge in [-0.25, -0.2) is 4.79 Å². The van der Waals surface area contributed by atoms with E-state index in [4.69, 9.17) is 10.5 Å². The summed E-state index contributed by atoms with van der Waals surface area (Å²) in [7, 11) is 0. The molecule has 1 atom stereocenters. The Morgan fingerprint density at radius 2 is 1.94 bits per heavy atom. The average molecular weight is 245 g/mol. The third-order valence-corrected chi connectivity index (χ3v) is 1.90. The molecule has 0 radical (unpaired) electrons. The Hall–Kier alpha value is -1.30. The molecule has 0 fully saturated rings. The van der Waals surface area contributed by atoms with E-state index in [1.807, 2.05) is 6.92 Å². The van der Waals surface area contributed by atoms with Gasteiger partial charge < -0.3 is 21.1 Å². The number of likely N-dealkylation sites (N-methyl/N-ethyl adjacent to an activating group) is 1. The molecule has 0 spiro atoms. The fraction of sp³-hybridized carbons (Fsp3) is 0.818. The number of rotatable bonds is 6. The van der Waals surface area contributed by atoms with Crippen molar-refractivity contribution in [2.24, 2.45) is 5.73 Å². The molecule has 0 aliphatic carbocycles. The van der Waals surface area contributed by atoms with E-state index in [1.54, 1.807) is 20.8 Å². The maximum Gasteiger partial charge on any atom is 0.407 e. The summed E-state index contributed by atoms with van der Waals surface area (Å²) in [5, 5.41) is 5.51. The van der Waals surface area contributed by atoms with Crippen molar-refractivity contribution in [3.8, 4) is 0 Å². The Labute approximate surface area is 102 Å². The molecule has 6 heteroatoms. The van der Waals surface area contributed by atoms with Crippen molar-refractivity contribution >= 4 is 12.0 Å². The number of carbonyl (C=O) groups is 2. The Morgan fingerprint density at radius 1 is 1.35 bits per heavy atom. The zero-order chi connectivity index (χ0) is 13.5. The number of hydrogen-bond acceptors (Lipinski definition) is 4. The van der Waals surface area contributed by atoms with Crippen molar-refractivity contribution in [2.45, 2.75) is 45.8 Å². The molecule has 0 aromatic carbocycles. The van der Waals surface area contributed by atoms with Crippen molar-refractivity contribution in [3.63, 3.8) is 0 Å². The summed E-state index contributed by atoms with van der Waals surface area (Å²) < 4.78 is 5.05. The minimum atomic E-state index is -0.519. The van der Waals surface area contributed by atoms with Crippen LogP contribution in [0.3, 0.4) is 0 Å². The molecule has 0 saturated heterocycles. The number of ether oxygens (including phenoxy) is 1. The van der Waals surface area contributed by atoms with E-state index in [-0.39, 0.29) is 0 Å². The molecule has 0 aromatic heterocycles. The molecule has 0 aliphatic rings. The van der Waals surface area contributed by atoms with Crippen LogP contribution in [0.5, 0.6) is 0 Å². The highest BCUT2D eigenvalue weighted by Gasteiger charge is 2.17. The minimum Gasteiger partial charge on any atom is -0.444 e. The summed E-state index contributed by atoms with van der Waals surface area (Å²) in [5.41, 5.74) is 4.68. The van der Waals surface area contributed by atoms with Crippen molar-refractivity contribution in [1.29, 1.82) is 0 Å². The summed E-state index contributed by atoms with van der Waals surface area (Å²) in [4.78, 5) is 22.3. The summed E-state index contributed by atoms with van der Waals surface area (Å²) in [6.07, 6.45) is -0.0418. The maximum atomic E-state index is 11.3. The molecule has 0 rings (SSSR count). The van der Waals surface area contributed by atoms with Gasteiger partial charge >= 0.3 is 6.09 Å². The van der Waals surface area contributed by atoms with Gasteiger partial charge in [0.15, 0.2) is 0 Å². The lowest BCUT2D eigenvalue weighted by molar-refractivity contribution is -0.120. The predicted octanol–water partition coefficient (Wildman–Crippen LogP) is 0.365. The molecule has 0 heterocycles. The third-order valence-electron chi connectivity index (χ3n) is 1.90. The van der Waals surface area contributed by atoms with Gasteiger partial charge in [-0.05, 0) is 33.7 Å². The first-order valence-corrected chi connectivity index (χ1v) is 5.75. The lowest BCUT2D eigenvalue weighted by Gasteiger charge is -2.20. The Morgan fingerprint density at radius 3 is 2.35 bits per heavy atom. The fourth-order valence-corrected chi connectivity index (χ4v) is 1.22. The first-order chi connectivity index (χ1) is 7.76. The van der Waals surface area contributed by atoms with Crippen LogP contribution in [0.1, 0.15) is 34.1 Å². The highest BCUT2D eigenvalue weighted by molar-refractivity contribution is 5.79. The lowest BCUT2D eigenvalue weighted by Crippen LogP contribution is -2.44. The zero-order valence-corrected chi connectivity index (χ0v) is 11.0. The van der Waals surface area contributed by atoms with E-state index in [1.165, 1.54) is 0 Å². The monoisotopic (exact) mass is 245 g/mol. The minimum absolute atomic E-state index is 0.343. The number of carbonyl (C=O) groups excluding carboxylic acids is 2. The number of hydrogen-bond donors (Lipinski definition) is 3. The molecule has 6 nitrogen and oxygen atoms in total. The molecule has 0 aromatic rings. The standard InChI is InChI=1S/C11H23N3O3/c1-5-13-8(9(12)15)6-7-14-10(16)17-11(2,3)4/h8,13H,5-7H2,1-4H3,(H2,12,15)(H,14,16). The average Bonchev–Trinajstić information content (AvgIpc) is 2.13. The Bertz CT molecular complexity index is 261.